The monoisotopic (exact) mass is 371 g/mol. The van der Waals surface area contributed by atoms with E-state index < -0.39 is 11.8 Å². The van der Waals surface area contributed by atoms with Gasteiger partial charge in [0, 0.05) is 5.02 Å². The molecule has 1 amide bonds. The number of carbonyl (C=O) groups excluding carboxylic acids is 2. The number of carbonyl (C=O) groups is 2. The molecule has 0 spiro atoms. The number of esters is 1. The van der Waals surface area contributed by atoms with Gasteiger partial charge in [-0.2, -0.15) is 0 Å². The van der Waals surface area contributed by atoms with Crippen LogP contribution in [0.1, 0.15) is 21.9 Å². The highest BCUT2D eigenvalue weighted by Gasteiger charge is 2.15. The first kappa shape index (κ1) is 18.4. The van der Waals surface area contributed by atoms with Crippen molar-refractivity contribution in [1.82, 2.24) is 0 Å². The lowest BCUT2D eigenvalue weighted by molar-refractivity contribution is -0.113. The molecule has 1 aromatic carbocycles. The van der Waals surface area contributed by atoms with Gasteiger partial charge in [0.05, 0.1) is 24.3 Å². The van der Waals surface area contributed by atoms with Crippen molar-refractivity contribution in [2.24, 2.45) is 0 Å². The predicted octanol–water partition coefficient (Wildman–Crippen LogP) is 4.04. The van der Waals surface area contributed by atoms with E-state index in [9.17, 15) is 14.0 Å². The van der Waals surface area contributed by atoms with Crippen molar-refractivity contribution in [2.75, 3.05) is 18.2 Å². The second-order valence-corrected chi connectivity index (χ2v) is 6.26. The summed E-state index contributed by atoms with van der Waals surface area (Å²) in [6.07, 6.45) is 0. The van der Waals surface area contributed by atoms with E-state index in [2.05, 4.69) is 10.1 Å². The molecule has 128 valence electrons. The maximum Gasteiger partial charge on any atom is 0.341 e. The summed E-state index contributed by atoms with van der Waals surface area (Å²) in [6.45, 7) is 1.66. The van der Waals surface area contributed by atoms with E-state index in [1.165, 1.54) is 37.1 Å². The molecule has 2 rings (SSSR count). The summed E-state index contributed by atoms with van der Waals surface area (Å²) in [7, 11) is 1.29. The number of hydrogen-bond donors (Lipinski definition) is 1. The Kier molecular flexibility index (Phi) is 6.28. The first-order valence-corrected chi connectivity index (χ1v) is 8.44. The van der Waals surface area contributed by atoms with E-state index in [0.717, 1.165) is 0 Å². The van der Waals surface area contributed by atoms with Crippen LogP contribution in [0.15, 0.2) is 28.7 Å². The highest BCUT2D eigenvalue weighted by atomic mass is 35.5. The molecule has 0 fully saturated rings. The SMILES string of the molecule is COC(=O)c1cc(CSCC(=O)Nc2cc(Cl)ccc2F)oc1C. The number of furan rings is 1. The van der Waals surface area contributed by atoms with E-state index in [4.69, 9.17) is 16.0 Å². The molecule has 1 heterocycles. The number of benzene rings is 1. The molecule has 5 nitrogen and oxygen atoms in total. The largest absolute Gasteiger partial charge is 0.465 e. The van der Waals surface area contributed by atoms with Gasteiger partial charge in [0.1, 0.15) is 22.9 Å². The molecule has 24 heavy (non-hydrogen) atoms. The lowest BCUT2D eigenvalue weighted by atomic mass is 10.2. The average molecular weight is 372 g/mol. The van der Waals surface area contributed by atoms with E-state index >= 15 is 0 Å². The lowest BCUT2D eigenvalue weighted by Crippen LogP contribution is -2.15. The Morgan fingerprint density at radius 3 is 2.83 bits per heavy atom. The van der Waals surface area contributed by atoms with E-state index in [1.807, 2.05) is 0 Å². The summed E-state index contributed by atoms with van der Waals surface area (Å²) in [6, 6.07) is 5.52. The molecule has 0 radical (unpaired) electrons. The van der Waals surface area contributed by atoms with Crippen LogP contribution in [0.5, 0.6) is 0 Å². The van der Waals surface area contributed by atoms with E-state index in [0.29, 0.717) is 27.9 Å². The molecular weight excluding hydrogens is 357 g/mol. The molecule has 0 aliphatic heterocycles. The van der Waals surface area contributed by atoms with Gasteiger partial charge < -0.3 is 14.5 Å². The second kappa shape index (κ2) is 8.21. The van der Waals surface area contributed by atoms with Crippen LogP contribution in [0, 0.1) is 12.7 Å². The van der Waals surface area contributed by atoms with Crippen molar-refractivity contribution < 1.29 is 23.1 Å². The number of anilines is 1. The summed E-state index contributed by atoms with van der Waals surface area (Å²) in [5, 5.41) is 2.79. The van der Waals surface area contributed by atoms with Crippen molar-refractivity contribution in [1.29, 1.82) is 0 Å². The van der Waals surface area contributed by atoms with Gasteiger partial charge in [-0.05, 0) is 31.2 Å². The molecule has 0 saturated carbocycles. The summed E-state index contributed by atoms with van der Waals surface area (Å²) in [5.41, 5.74) is 0.397. The van der Waals surface area contributed by atoms with Crippen LogP contribution in [0.3, 0.4) is 0 Å². The van der Waals surface area contributed by atoms with Gasteiger partial charge in [0.15, 0.2) is 0 Å². The molecule has 0 saturated heterocycles. The van der Waals surface area contributed by atoms with Crippen molar-refractivity contribution >= 4 is 40.9 Å². The number of ether oxygens (including phenoxy) is 1. The molecular formula is C16H15ClFNO4S. The zero-order chi connectivity index (χ0) is 17.7. The van der Waals surface area contributed by atoms with Gasteiger partial charge >= 0.3 is 5.97 Å². The Morgan fingerprint density at radius 1 is 1.38 bits per heavy atom. The zero-order valence-corrected chi connectivity index (χ0v) is 14.6. The first-order chi connectivity index (χ1) is 11.4. The number of nitrogens with one attached hydrogen (secondary N) is 1. The van der Waals surface area contributed by atoms with Crippen LogP contribution >= 0.6 is 23.4 Å². The van der Waals surface area contributed by atoms with Gasteiger partial charge in [-0.25, -0.2) is 9.18 Å². The van der Waals surface area contributed by atoms with Crippen LogP contribution in [0.4, 0.5) is 10.1 Å². The fourth-order valence-corrected chi connectivity index (χ4v) is 2.83. The van der Waals surface area contributed by atoms with Gasteiger partial charge in [-0.15, -0.1) is 11.8 Å². The van der Waals surface area contributed by atoms with Crippen LogP contribution in [0.25, 0.3) is 0 Å². The molecule has 0 aliphatic rings. The Labute approximate surface area is 147 Å². The quantitative estimate of drug-likeness (QED) is 0.776. The number of hydrogen-bond acceptors (Lipinski definition) is 5. The molecule has 1 N–H and O–H groups in total. The Balaban J connectivity index is 1.87. The first-order valence-electron chi connectivity index (χ1n) is 6.91. The second-order valence-electron chi connectivity index (χ2n) is 4.84. The third kappa shape index (κ3) is 4.75. The number of aryl methyl sites for hydroxylation is 1. The molecule has 0 unspecified atom stereocenters. The third-order valence-electron chi connectivity index (χ3n) is 3.05. The highest BCUT2D eigenvalue weighted by Crippen LogP contribution is 2.22. The molecule has 0 aliphatic carbocycles. The van der Waals surface area contributed by atoms with Crippen LogP contribution < -0.4 is 5.32 Å². The molecule has 1 aromatic heterocycles. The van der Waals surface area contributed by atoms with Crippen molar-refractivity contribution in [2.45, 2.75) is 12.7 Å². The lowest BCUT2D eigenvalue weighted by Gasteiger charge is -2.06. The van der Waals surface area contributed by atoms with Crippen LogP contribution in [0.2, 0.25) is 5.02 Å². The molecule has 0 atom stereocenters. The van der Waals surface area contributed by atoms with E-state index in [1.54, 1.807) is 13.0 Å². The summed E-state index contributed by atoms with van der Waals surface area (Å²) >= 11 is 7.04. The van der Waals surface area contributed by atoms with Crippen LogP contribution in [-0.2, 0) is 15.3 Å². The smallest absolute Gasteiger partial charge is 0.341 e. The van der Waals surface area contributed by atoms with Crippen molar-refractivity contribution in [3.63, 3.8) is 0 Å². The van der Waals surface area contributed by atoms with Gasteiger partial charge in [-0.1, -0.05) is 11.6 Å². The maximum atomic E-state index is 13.5. The predicted molar refractivity (Wildman–Crippen MR) is 91.0 cm³/mol. The van der Waals surface area contributed by atoms with Gasteiger partial charge in [-0.3, -0.25) is 4.79 Å². The standard InChI is InChI=1S/C16H15ClFNO4S/c1-9-12(16(21)22-2)6-11(23-9)7-24-8-15(20)19-14-5-10(17)3-4-13(14)18/h3-6H,7-8H2,1-2H3,(H,19,20). The highest BCUT2D eigenvalue weighted by molar-refractivity contribution is 7.99. The molecule has 0 bridgehead atoms. The number of methoxy groups -OCH3 is 1. The normalized spacial score (nSPS) is 10.5. The minimum absolute atomic E-state index is 0.0370. The zero-order valence-electron chi connectivity index (χ0n) is 13.0. The third-order valence-corrected chi connectivity index (χ3v) is 4.24. The fraction of sp³-hybridized carbons (Fsp3) is 0.250. The van der Waals surface area contributed by atoms with Gasteiger partial charge in [0.2, 0.25) is 5.91 Å². The Hall–Kier alpha value is -1.99. The molecule has 8 heteroatoms. The average Bonchev–Trinajstić information content (AvgIpc) is 2.91. The minimum Gasteiger partial charge on any atom is -0.465 e. The fourth-order valence-electron chi connectivity index (χ4n) is 1.95. The van der Waals surface area contributed by atoms with Crippen molar-refractivity contribution in [3.8, 4) is 0 Å². The summed E-state index contributed by atoms with van der Waals surface area (Å²) in [4.78, 5) is 23.3. The maximum absolute atomic E-state index is 13.5. The van der Waals surface area contributed by atoms with Crippen LogP contribution in [-0.4, -0.2) is 24.7 Å². The summed E-state index contributed by atoms with van der Waals surface area (Å²) in [5.74, 6) is 0.117. The number of rotatable bonds is 6. The Bertz CT molecular complexity index is 763. The number of thioether (sulfide) groups is 1. The van der Waals surface area contributed by atoms with Crippen molar-refractivity contribution in [3.05, 3.63) is 52.2 Å². The van der Waals surface area contributed by atoms with Gasteiger partial charge in [0.25, 0.3) is 0 Å². The number of amides is 1. The number of halogens is 2. The van der Waals surface area contributed by atoms with E-state index in [-0.39, 0.29) is 17.3 Å². The summed E-state index contributed by atoms with van der Waals surface area (Å²) < 4.78 is 23.6. The molecule has 2 aromatic rings. The topological polar surface area (TPSA) is 68.5 Å². The Morgan fingerprint density at radius 2 is 2.12 bits per heavy atom. The minimum atomic E-state index is -0.554.